The summed E-state index contributed by atoms with van der Waals surface area (Å²) in [5, 5.41) is 8.84. The standard InChI is InChI=1S/C10H21NO2/c1-10(2)8-11(4-5-12)6-9(10)7-13-3/h9,12H,4-8H2,1-3H3. The van der Waals surface area contributed by atoms with Gasteiger partial charge in [-0.2, -0.15) is 0 Å². The van der Waals surface area contributed by atoms with Gasteiger partial charge in [-0.1, -0.05) is 13.8 Å². The molecule has 0 aliphatic carbocycles. The van der Waals surface area contributed by atoms with E-state index in [-0.39, 0.29) is 6.61 Å². The van der Waals surface area contributed by atoms with Crippen LogP contribution in [0.2, 0.25) is 0 Å². The predicted octanol–water partition coefficient (Wildman–Crippen LogP) is 0.583. The van der Waals surface area contributed by atoms with E-state index in [0.29, 0.717) is 11.3 Å². The molecule has 0 bridgehead atoms. The van der Waals surface area contributed by atoms with Crippen LogP contribution in [0.5, 0.6) is 0 Å². The topological polar surface area (TPSA) is 32.7 Å². The molecule has 0 saturated carbocycles. The summed E-state index contributed by atoms with van der Waals surface area (Å²) >= 11 is 0. The minimum absolute atomic E-state index is 0.260. The van der Waals surface area contributed by atoms with Gasteiger partial charge >= 0.3 is 0 Å². The van der Waals surface area contributed by atoms with Crippen molar-refractivity contribution < 1.29 is 9.84 Å². The van der Waals surface area contributed by atoms with Crippen molar-refractivity contribution in [2.24, 2.45) is 11.3 Å². The molecule has 0 aromatic carbocycles. The van der Waals surface area contributed by atoms with Gasteiger partial charge in [0, 0.05) is 32.7 Å². The normalized spacial score (nSPS) is 28.2. The second-order valence-corrected chi connectivity index (χ2v) is 4.60. The average molecular weight is 187 g/mol. The Morgan fingerprint density at radius 3 is 2.77 bits per heavy atom. The lowest BCUT2D eigenvalue weighted by Gasteiger charge is -2.24. The van der Waals surface area contributed by atoms with Gasteiger partial charge in [-0.05, 0) is 5.41 Å². The first kappa shape index (κ1) is 11.0. The van der Waals surface area contributed by atoms with Crippen molar-refractivity contribution in [3.05, 3.63) is 0 Å². The Bertz CT molecular complexity index is 159. The van der Waals surface area contributed by atoms with Crippen molar-refractivity contribution in [2.45, 2.75) is 13.8 Å². The molecule has 1 aliphatic rings. The molecule has 1 aliphatic heterocycles. The number of hydrogen-bond acceptors (Lipinski definition) is 3. The summed E-state index contributed by atoms with van der Waals surface area (Å²) in [6.45, 7) is 8.56. The van der Waals surface area contributed by atoms with Crippen LogP contribution in [0, 0.1) is 11.3 Å². The highest BCUT2D eigenvalue weighted by Gasteiger charge is 2.38. The monoisotopic (exact) mass is 187 g/mol. The summed E-state index contributed by atoms with van der Waals surface area (Å²) in [6, 6.07) is 0. The molecule has 1 atom stereocenters. The molecule has 0 amide bonds. The van der Waals surface area contributed by atoms with Gasteiger partial charge in [0.25, 0.3) is 0 Å². The molecule has 1 fully saturated rings. The Morgan fingerprint density at radius 2 is 2.23 bits per heavy atom. The summed E-state index contributed by atoms with van der Waals surface area (Å²) < 4.78 is 5.20. The third-order valence-electron chi connectivity index (χ3n) is 3.00. The molecule has 0 aromatic rings. The fraction of sp³-hybridized carbons (Fsp3) is 1.00. The molecule has 0 aromatic heterocycles. The Labute approximate surface area is 80.7 Å². The highest BCUT2D eigenvalue weighted by Crippen LogP contribution is 2.34. The van der Waals surface area contributed by atoms with Crippen molar-refractivity contribution >= 4 is 0 Å². The number of nitrogens with zero attached hydrogens (tertiary/aromatic N) is 1. The van der Waals surface area contributed by atoms with Crippen LogP contribution in [0.1, 0.15) is 13.8 Å². The van der Waals surface area contributed by atoms with E-state index in [4.69, 9.17) is 9.84 Å². The van der Waals surface area contributed by atoms with Gasteiger partial charge in [0.05, 0.1) is 13.2 Å². The number of hydrogen-bond donors (Lipinski definition) is 1. The van der Waals surface area contributed by atoms with E-state index in [1.54, 1.807) is 7.11 Å². The summed E-state index contributed by atoms with van der Waals surface area (Å²) in [6.07, 6.45) is 0. The Hall–Kier alpha value is -0.120. The van der Waals surface area contributed by atoms with Crippen molar-refractivity contribution in [1.29, 1.82) is 0 Å². The maximum atomic E-state index is 8.84. The van der Waals surface area contributed by atoms with Gasteiger partial charge in [-0.3, -0.25) is 0 Å². The fourth-order valence-electron chi connectivity index (χ4n) is 2.12. The van der Waals surface area contributed by atoms with E-state index in [1.807, 2.05) is 0 Å². The van der Waals surface area contributed by atoms with E-state index in [2.05, 4.69) is 18.7 Å². The molecule has 78 valence electrons. The first-order valence-electron chi connectivity index (χ1n) is 4.92. The van der Waals surface area contributed by atoms with Gasteiger partial charge in [-0.15, -0.1) is 0 Å². The smallest absolute Gasteiger partial charge is 0.0558 e. The molecule has 1 unspecified atom stereocenters. The molecular formula is C10H21NO2. The molecular weight excluding hydrogens is 166 g/mol. The average Bonchev–Trinajstić information content (AvgIpc) is 2.28. The highest BCUT2D eigenvalue weighted by molar-refractivity contribution is 4.90. The molecule has 3 nitrogen and oxygen atoms in total. The molecule has 1 saturated heterocycles. The van der Waals surface area contributed by atoms with Gasteiger partial charge in [0.15, 0.2) is 0 Å². The number of rotatable bonds is 4. The quantitative estimate of drug-likeness (QED) is 0.699. The van der Waals surface area contributed by atoms with Crippen molar-refractivity contribution in [3.63, 3.8) is 0 Å². The van der Waals surface area contributed by atoms with E-state index in [1.165, 1.54) is 0 Å². The largest absolute Gasteiger partial charge is 0.395 e. The number of methoxy groups -OCH3 is 1. The molecule has 1 N–H and O–H groups in total. The molecule has 0 spiro atoms. The van der Waals surface area contributed by atoms with Crippen molar-refractivity contribution in [2.75, 3.05) is 40.0 Å². The van der Waals surface area contributed by atoms with E-state index < -0.39 is 0 Å². The Kier molecular flexibility index (Phi) is 3.71. The first-order valence-corrected chi connectivity index (χ1v) is 4.92. The number of β-amino-alcohol motifs (C(OH)–C–C–N with tert-alkyl or cyclic N) is 1. The van der Waals surface area contributed by atoms with Gasteiger partial charge < -0.3 is 14.7 Å². The molecule has 3 heteroatoms. The fourth-order valence-corrected chi connectivity index (χ4v) is 2.12. The van der Waals surface area contributed by atoms with Crippen molar-refractivity contribution in [1.82, 2.24) is 4.90 Å². The van der Waals surface area contributed by atoms with E-state index >= 15 is 0 Å². The second kappa shape index (κ2) is 4.40. The van der Waals surface area contributed by atoms with Gasteiger partial charge in [0.1, 0.15) is 0 Å². The third kappa shape index (κ3) is 2.66. The summed E-state index contributed by atoms with van der Waals surface area (Å²) in [4.78, 5) is 2.31. The number of aliphatic hydroxyl groups is 1. The van der Waals surface area contributed by atoms with E-state index in [0.717, 1.165) is 26.2 Å². The summed E-state index contributed by atoms with van der Waals surface area (Å²) in [7, 11) is 1.75. The maximum Gasteiger partial charge on any atom is 0.0558 e. The van der Waals surface area contributed by atoms with Crippen LogP contribution in [0.25, 0.3) is 0 Å². The molecule has 1 rings (SSSR count). The zero-order valence-corrected chi connectivity index (χ0v) is 8.92. The minimum atomic E-state index is 0.260. The summed E-state index contributed by atoms with van der Waals surface area (Å²) in [5.41, 5.74) is 0.325. The van der Waals surface area contributed by atoms with Gasteiger partial charge in [-0.25, -0.2) is 0 Å². The number of likely N-dealkylation sites (tertiary alicyclic amines) is 1. The van der Waals surface area contributed by atoms with Gasteiger partial charge in [0.2, 0.25) is 0 Å². The first-order chi connectivity index (χ1) is 6.10. The van der Waals surface area contributed by atoms with E-state index in [9.17, 15) is 0 Å². The van der Waals surface area contributed by atoms with Crippen LogP contribution in [-0.4, -0.2) is 50.0 Å². The van der Waals surface area contributed by atoms with Crippen LogP contribution in [0.3, 0.4) is 0 Å². The second-order valence-electron chi connectivity index (χ2n) is 4.60. The lowest BCUT2D eigenvalue weighted by molar-refractivity contribution is 0.111. The van der Waals surface area contributed by atoms with Crippen LogP contribution in [0.4, 0.5) is 0 Å². The van der Waals surface area contributed by atoms with Crippen LogP contribution in [-0.2, 0) is 4.74 Å². The Balaban J connectivity index is 2.47. The number of aliphatic hydroxyl groups excluding tert-OH is 1. The third-order valence-corrected chi connectivity index (χ3v) is 3.00. The zero-order chi connectivity index (χ0) is 9.90. The Morgan fingerprint density at radius 1 is 1.54 bits per heavy atom. The SMILES string of the molecule is COCC1CN(CCO)CC1(C)C. The predicted molar refractivity (Wildman–Crippen MR) is 52.7 cm³/mol. The van der Waals surface area contributed by atoms with Crippen molar-refractivity contribution in [3.8, 4) is 0 Å². The minimum Gasteiger partial charge on any atom is -0.395 e. The van der Waals surface area contributed by atoms with Crippen LogP contribution >= 0.6 is 0 Å². The zero-order valence-electron chi connectivity index (χ0n) is 8.92. The summed E-state index contributed by atoms with van der Waals surface area (Å²) in [5.74, 6) is 0.601. The maximum absolute atomic E-state index is 8.84. The molecule has 13 heavy (non-hydrogen) atoms. The van der Waals surface area contributed by atoms with Crippen LogP contribution < -0.4 is 0 Å². The molecule has 1 heterocycles. The highest BCUT2D eigenvalue weighted by atomic mass is 16.5. The lowest BCUT2D eigenvalue weighted by Crippen LogP contribution is -2.26. The lowest BCUT2D eigenvalue weighted by atomic mass is 9.83. The number of ether oxygens (including phenoxy) is 1. The molecule has 0 radical (unpaired) electrons. The van der Waals surface area contributed by atoms with Crippen LogP contribution in [0.15, 0.2) is 0 Å².